The molecule has 1 heterocycles. The molecule has 1 aliphatic rings. The average Bonchev–Trinajstić information content (AvgIpc) is 3.58. The minimum atomic E-state index is -0.935. The number of nitrogens with one attached hydrogen (secondary N) is 1. The molecule has 0 aliphatic heterocycles. The number of hydrogen-bond acceptors (Lipinski definition) is 5. The predicted molar refractivity (Wildman–Crippen MR) is 114 cm³/mol. The molecule has 31 heavy (non-hydrogen) atoms. The molecule has 1 fully saturated rings. The van der Waals surface area contributed by atoms with E-state index in [1.54, 1.807) is 13.0 Å². The van der Waals surface area contributed by atoms with Crippen molar-refractivity contribution in [1.29, 1.82) is 5.26 Å². The molecule has 1 amide bonds. The van der Waals surface area contributed by atoms with Crippen molar-refractivity contribution in [3.8, 4) is 23.0 Å². The highest BCUT2D eigenvalue weighted by Crippen LogP contribution is 2.39. The minimum absolute atomic E-state index is 0.144. The van der Waals surface area contributed by atoms with Crippen molar-refractivity contribution in [3.05, 3.63) is 72.4 Å². The zero-order chi connectivity index (χ0) is 21.8. The van der Waals surface area contributed by atoms with Crippen LogP contribution in [-0.4, -0.2) is 33.8 Å². The second-order valence-corrected chi connectivity index (χ2v) is 7.74. The van der Waals surface area contributed by atoms with Crippen LogP contribution in [0.4, 0.5) is 0 Å². The predicted octanol–water partition coefficient (Wildman–Crippen LogP) is 3.50. The molecule has 1 aliphatic carbocycles. The summed E-state index contributed by atoms with van der Waals surface area (Å²) in [4.78, 5) is 25.1. The number of benzene rings is 2. The Kier molecular flexibility index (Phi) is 5.54. The number of nitrogens with zero attached hydrogens (tertiary/aromatic N) is 3. The first-order valence-electron chi connectivity index (χ1n) is 10.1. The number of carbonyl (C=O) groups is 2. The van der Waals surface area contributed by atoms with Crippen LogP contribution in [0.3, 0.4) is 0 Å². The van der Waals surface area contributed by atoms with Gasteiger partial charge in [-0.2, -0.15) is 10.4 Å². The molecule has 7 nitrogen and oxygen atoms in total. The van der Waals surface area contributed by atoms with Crippen LogP contribution >= 0.6 is 0 Å². The van der Waals surface area contributed by atoms with E-state index < -0.39 is 24.0 Å². The fourth-order valence-electron chi connectivity index (χ4n) is 3.46. The van der Waals surface area contributed by atoms with E-state index in [1.165, 1.54) is 4.68 Å². The van der Waals surface area contributed by atoms with E-state index in [9.17, 15) is 14.9 Å². The molecular weight excluding hydrogens is 392 g/mol. The highest BCUT2D eigenvalue weighted by Gasteiger charge is 2.43. The monoisotopic (exact) mass is 414 g/mol. The van der Waals surface area contributed by atoms with Crippen LogP contribution in [0.2, 0.25) is 0 Å². The van der Waals surface area contributed by atoms with E-state index in [-0.39, 0.29) is 11.6 Å². The smallest absolute Gasteiger partial charge is 0.357 e. The first kappa shape index (κ1) is 20.4. The average molecular weight is 414 g/mol. The van der Waals surface area contributed by atoms with Crippen LogP contribution in [0.25, 0.3) is 16.9 Å². The number of para-hydroxylation sites is 1. The largest absolute Gasteiger partial charge is 0.451 e. The number of nitriles is 1. The first-order valence-corrected chi connectivity index (χ1v) is 10.1. The molecule has 1 aromatic heterocycles. The van der Waals surface area contributed by atoms with Gasteiger partial charge in [0.1, 0.15) is 5.54 Å². The highest BCUT2D eigenvalue weighted by atomic mass is 16.5. The second-order valence-electron chi connectivity index (χ2n) is 7.74. The van der Waals surface area contributed by atoms with Crippen molar-refractivity contribution in [2.45, 2.75) is 25.3 Å². The molecule has 1 N–H and O–H groups in total. The van der Waals surface area contributed by atoms with Crippen molar-refractivity contribution < 1.29 is 14.3 Å². The van der Waals surface area contributed by atoms with Crippen LogP contribution in [0.15, 0.2) is 66.7 Å². The summed E-state index contributed by atoms with van der Waals surface area (Å²) in [5, 5.41) is 16.7. The van der Waals surface area contributed by atoms with Crippen LogP contribution < -0.4 is 5.32 Å². The molecule has 4 rings (SSSR count). The lowest BCUT2D eigenvalue weighted by Crippen LogP contribution is -2.48. The molecule has 3 aromatic rings. The Balaban J connectivity index is 1.53. The van der Waals surface area contributed by atoms with Crippen LogP contribution in [0, 0.1) is 17.2 Å². The van der Waals surface area contributed by atoms with Gasteiger partial charge in [-0.3, -0.25) is 4.79 Å². The number of esters is 1. The third-order valence-electron chi connectivity index (χ3n) is 5.35. The van der Waals surface area contributed by atoms with E-state index in [0.29, 0.717) is 11.4 Å². The van der Waals surface area contributed by atoms with Crippen molar-refractivity contribution in [2.75, 3.05) is 6.61 Å². The molecule has 156 valence electrons. The van der Waals surface area contributed by atoms with Gasteiger partial charge in [0, 0.05) is 5.56 Å². The summed E-state index contributed by atoms with van der Waals surface area (Å²) in [6.45, 7) is 1.23. The Morgan fingerprint density at radius 1 is 1.16 bits per heavy atom. The topological polar surface area (TPSA) is 97.0 Å². The zero-order valence-electron chi connectivity index (χ0n) is 17.1. The van der Waals surface area contributed by atoms with Gasteiger partial charge >= 0.3 is 5.97 Å². The van der Waals surface area contributed by atoms with Gasteiger partial charge in [0.15, 0.2) is 12.3 Å². The fraction of sp³-hybridized carbons (Fsp3) is 0.250. The lowest BCUT2D eigenvalue weighted by atomic mass is 9.98. The van der Waals surface area contributed by atoms with Gasteiger partial charge < -0.3 is 10.1 Å². The summed E-state index contributed by atoms with van der Waals surface area (Å²) in [6, 6.07) is 22.5. The van der Waals surface area contributed by atoms with Crippen molar-refractivity contribution in [3.63, 3.8) is 0 Å². The quantitative estimate of drug-likeness (QED) is 0.597. The third kappa shape index (κ3) is 4.48. The Labute approximate surface area is 180 Å². The van der Waals surface area contributed by atoms with Crippen molar-refractivity contribution in [1.82, 2.24) is 15.1 Å². The fourth-order valence-corrected chi connectivity index (χ4v) is 3.46. The van der Waals surface area contributed by atoms with E-state index in [0.717, 1.165) is 18.4 Å². The number of hydrogen-bond donors (Lipinski definition) is 1. The van der Waals surface area contributed by atoms with Crippen LogP contribution in [-0.2, 0) is 9.53 Å². The number of amides is 1. The molecule has 1 atom stereocenters. The molecule has 0 saturated heterocycles. The summed E-state index contributed by atoms with van der Waals surface area (Å²) in [6.07, 6.45) is 1.81. The SMILES string of the molecule is C[C@@](C#N)(NC(=O)COC(=O)c1cc(-c2ccccc2)nn1-c1ccccc1)C1CC1. The third-order valence-corrected chi connectivity index (χ3v) is 5.35. The lowest BCUT2D eigenvalue weighted by molar-refractivity contribution is -0.125. The molecule has 0 spiro atoms. The summed E-state index contributed by atoms with van der Waals surface area (Å²) in [5.41, 5.74) is 1.45. The molecule has 0 radical (unpaired) electrons. The van der Waals surface area contributed by atoms with Crippen LogP contribution in [0.1, 0.15) is 30.3 Å². The highest BCUT2D eigenvalue weighted by molar-refractivity contribution is 5.91. The van der Waals surface area contributed by atoms with E-state index in [1.807, 2.05) is 60.7 Å². The van der Waals surface area contributed by atoms with E-state index in [4.69, 9.17) is 4.74 Å². The first-order chi connectivity index (χ1) is 15.0. The van der Waals surface area contributed by atoms with Gasteiger partial charge in [-0.15, -0.1) is 0 Å². The summed E-state index contributed by atoms with van der Waals surface area (Å²) >= 11 is 0. The molecule has 0 bridgehead atoms. The van der Waals surface area contributed by atoms with Gasteiger partial charge in [-0.05, 0) is 43.9 Å². The van der Waals surface area contributed by atoms with Crippen molar-refractivity contribution >= 4 is 11.9 Å². The van der Waals surface area contributed by atoms with Gasteiger partial charge in [-0.25, -0.2) is 9.48 Å². The summed E-state index contributed by atoms with van der Waals surface area (Å²) in [7, 11) is 0. The van der Waals surface area contributed by atoms with Gasteiger partial charge in [0.25, 0.3) is 5.91 Å². The number of ether oxygens (including phenoxy) is 1. The number of rotatable bonds is 7. The van der Waals surface area contributed by atoms with E-state index in [2.05, 4.69) is 16.5 Å². The van der Waals surface area contributed by atoms with Crippen molar-refractivity contribution in [2.24, 2.45) is 5.92 Å². The Hall–Kier alpha value is -3.92. The van der Waals surface area contributed by atoms with E-state index >= 15 is 0 Å². The Morgan fingerprint density at radius 3 is 2.42 bits per heavy atom. The maximum Gasteiger partial charge on any atom is 0.357 e. The van der Waals surface area contributed by atoms with Gasteiger partial charge in [-0.1, -0.05) is 48.5 Å². The molecule has 2 aromatic carbocycles. The maximum atomic E-state index is 12.8. The second kappa shape index (κ2) is 8.44. The molecule has 0 unspecified atom stereocenters. The summed E-state index contributed by atoms with van der Waals surface area (Å²) in [5.74, 6) is -1.03. The molecule has 1 saturated carbocycles. The number of carbonyl (C=O) groups excluding carboxylic acids is 2. The Bertz CT molecular complexity index is 1130. The number of aromatic nitrogens is 2. The molecule has 7 heteroatoms. The van der Waals surface area contributed by atoms with Gasteiger partial charge in [0.2, 0.25) is 0 Å². The standard InChI is InChI=1S/C24H22N4O3/c1-24(16-25,18-12-13-18)26-22(29)15-31-23(30)21-14-20(17-8-4-2-5-9-17)27-28(21)19-10-6-3-7-11-19/h2-11,14,18H,12-13,15H2,1H3,(H,26,29)/t24-/m0/s1. The van der Waals surface area contributed by atoms with Gasteiger partial charge in [0.05, 0.1) is 17.5 Å². The van der Waals surface area contributed by atoms with Crippen LogP contribution in [0.5, 0.6) is 0 Å². The normalized spacial score (nSPS) is 14.8. The molecular formula is C24H22N4O3. The lowest BCUT2D eigenvalue weighted by Gasteiger charge is -2.22. The minimum Gasteiger partial charge on any atom is -0.451 e. The zero-order valence-corrected chi connectivity index (χ0v) is 17.1. The maximum absolute atomic E-state index is 12.8. The summed E-state index contributed by atoms with van der Waals surface area (Å²) < 4.78 is 6.78. The Morgan fingerprint density at radius 2 is 1.81 bits per heavy atom.